The van der Waals surface area contributed by atoms with Gasteiger partial charge >= 0.3 is 0 Å². The normalized spacial score (nSPS) is 17.5. The molecular weight excluding hydrogens is 1570 g/mol. The van der Waals surface area contributed by atoms with Gasteiger partial charge in [-0.15, -0.1) is 0 Å². The van der Waals surface area contributed by atoms with Gasteiger partial charge in [0.2, 0.25) is 0 Å². The van der Waals surface area contributed by atoms with E-state index in [9.17, 15) is 24.7 Å². The molecule has 0 aliphatic heterocycles. The zero-order valence-electron chi connectivity index (χ0n) is 115. The lowest BCUT2D eigenvalue weighted by atomic mass is 9.81. The molecule has 130 heavy (non-hydrogen) atoms. The first-order valence-corrected chi connectivity index (χ1v) is 41.2. The summed E-state index contributed by atoms with van der Waals surface area (Å²) in [5.74, 6) is 0. The van der Waals surface area contributed by atoms with Crippen LogP contribution < -0.4 is 0 Å². The number of fused-ring (bicyclic) bond motifs is 25. The second kappa shape index (κ2) is 29.7. The second-order valence-electron chi connectivity index (χ2n) is 31.8. The van der Waals surface area contributed by atoms with Crippen LogP contribution in [0.2, 0.25) is 0 Å². The Balaban J connectivity index is 0.000000128. The van der Waals surface area contributed by atoms with E-state index in [1.165, 1.54) is 0 Å². The third-order valence-corrected chi connectivity index (χ3v) is 24.5. The fourth-order valence-electron chi connectivity index (χ4n) is 18.8. The van der Waals surface area contributed by atoms with Gasteiger partial charge in [0, 0.05) is 37.7 Å². The highest BCUT2D eigenvalue weighted by Gasteiger charge is 2.36. The van der Waals surface area contributed by atoms with Gasteiger partial charge in [-0.3, -0.25) is 0 Å². The van der Waals surface area contributed by atoms with Gasteiger partial charge in [0.1, 0.15) is 33.5 Å². The minimum atomic E-state index is -1.29. The van der Waals surface area contributed by atoms with Gasteiger partial charge in [-0.05, 0) is 275 Å². The standard InChI is InChI=1S/C45H30O.C42H26O.C40H24O/c1-45(2)38-18-10-9-13-31(38)36-25-28(19-22-39(36)45)42-32-14-5-7-16-34(32)43(35-17-8-6-15-33(35)42)29-21-23-40-37(26-29)44-30-12-4-3-11-27(30)20-24-41(44)46-40;1-2-11-27(12-3-1)29-14-10-15-30(25-29)40-33-17-6-8-19-35(33)41(36-20-9-7-18-34(36)40)31-22-23-38-37(26-31)42-32-16-5-4-13-28(32)21-24-39(42)43-38;1-3-13-28-25(10-1)12-9-19-30(28)39-33-17-7-5-15-31(33)38(32-16-6-8-18-34(32)39)27-21-22-36-35(24-27)40-29-14-4-2-11-26(29)20-23-37(40)41-36/h3-26H,1-2H3;1-26H;1-24H/i5D,6D,7D,8D,9D,10D,13D,14D,15D,16D,17D,18D,19D,22D,25D;1D,2D,3D,6D,7D,8D,9D,10D,11D,12D,14D,15D,17D,18D,19D,20D,25D;1D,3D,5D,6D,7D,8D,9D,10D,12D,13D,15D,16D,17D,18D,19D. The summed E-state index contributed by atoms with van der Waals surface area (Å²) in [6.07, 6.45) is 0. The molecule has 0 bridgehead atoms. The predicted molar refractivity (Wildman–Crippen MR) is 552 cm³/mol. The highest BCUT2D eigenvalue weighted by atomic mass is 16.3. The highest BCUT2D eigenvalue weighted by molar-refractivity contribution is 6.29. The van der Waals surface area contributed by atoms with Crippen molar-refractivity contribution in [3.8, 4) is 89.0 Å². The molecule has 28 rings (SSSR count). The Hall–Kier alpha value is -16.7. The molecule has 0 N–H and O–H groups in total. The molecule has 606 valence electrons. The molecule has 3 heterocycles. The Morgan fingerprint density at radius 1 is 0.185 bits per heavy atom. The van der Waals surface area contributed by atoms with E-state index >= 15 is 0 Å². The summed E-state index contributed by atoms with van der Waals surface area (Å²) < 4.78 is 440. The zero-order chi connectivity index (χ0) is 127. The monoisotopic (exact) mass is 1700 g/mol. The molecular formula is C127H80O3. The smallest absolute Gasteiger partial charge is 0.136 e. The molecule has 0 saturated carbocycles. The third kappa shape index (κ3) is 11.8. The quantitative estimate of drug-likeness (QED) is 0.149. The van der Waals surface area contributed by atoms with Crippen LogP contribution in [0.25, 0.3) is 263 Å². The van der Waals surface area contributed by atoms with Gasteiger partial charge in [-0.2, -0.15) is 0 Å². The first-order chi connectivity index (χ1) is 83.8. The minimum absolute atomic E-state index is 0.0219. The molecule has 1 aliphatic carbocycles. The van der Waals surface area contributed by atoms with Crippen LogP contribution in [-0.4, -0.2) is 0 Å². The van der Waals surface area contributed by atoms with E-state index in [4.69, 9.17) is 53.0 Å². The van der Waals surface area contributed by atoms with Gasteiger partial charge in [-0.25, -0.2) is 0 Å². The lowest BCUT2D eigenvalue weighted by Gasteiger charge is -2.22. The van der Waals surface area contributed by atoms with Crippen LogP contribution in [0.4, 0.5) is 0 Å². The van der Waals surface area contributed by atoms with Gasteiger partial charge in [0.15, 0.2) is 0 Å². The third-order valence-electron chi connectivity index (χ3n) is 24.5. The largest absolute Gasteiger partial charge is 0.456 e. The summed E-state index contributed by atoms with van der Waals surface area (Å²) in [5.41, 5.74) is -0.878. The molecule has 0 radical (unpaired) electrons. The van der Waals surface area contributed by atoms with Crippen LogP contribution >= 0.6 is 0 Å². The van der Waals surface area contributed by atoms with Crippen molar-refractivity contribution in [2.45, 2.75) is 19.3 Å². The number of hydrogen-bond donors (Lipinski definition) is 0. The minimum Gasteiger partial charge on any atom is -0.456 e. The summed E-state index contributed by atoms with van der Waals surface area (Å²) in [6.45, 7) is 3.29. The molecule has 1 aliphatic rings. The lowest BCUT2D eigenvalue weighted by Crippen LogP contribution is -2.14. The Labute approximate surface area is 815 Å². The predicted octanol–water partition coefficient (Wildman–Crippen LogP) is 36.3. The van der Waals surface area contributed by atoms with Crippen LogP contribution in [0.3, 0.4) is 0 Å². The molecule has 0 unspecified atom stereocenters. The number of furan rings is 3. The molecule has 0 amide bonds. The van der Waals surface area contributed by atoms with Crippen LogP contribution in [0.1, 0.15) is 89.4 Å². The molecule has 27 aromatic rings. The maximum absolute atomic E-state index is 9.87. The SMILES string of the molecule is [2H]c1c([2H])c([2H])c(-c2c([2H])c([2H])c([2H])c(-c3c4c([2H])c([2H])c([2H])c([2H])c4c(-c4ccc5oc6ccc7ccccc7c6c5c4)c4c([2H])c([2H])c([2H])c([2H])c34)c2[2H])c([2H])c1[2H].[2H]c1c([2H])c([2H])c2c(-c3c4c([2H])c([2H])c([2H])c([2H])c4c(-c4ccc5oc6ccc7ccccc7c6c5c4)c4c([2H])c([2H])c([2H])c([2H])c34)c([2H])c([2H])c([2H])c2c1[2H].[2H]c1c([2H])c([2H])c2c(c1[2H])-c1c([2H])c(-c3c4c([2H])c([2H])c([2H])c([2H])c4c(-c4ccc5oc6ccc7ccccc7c6c5c4)c4c([2H])c([2H])c([2H])c([2H])c34)c([2H])c([2H])c1C2(C)C. The molecule has 3 heteroatoms. The van der Waals surface area contributed by atoms with E-state index in [0.29, 0.717) is 60.8 Å². The number of hydrogen-bond acceptors (Lipinski definition) is 3. The van der Waals surface area contributed by atoms with Crippen molar-refractivity contribution in [2.75, 3.05) is 0 Å². The summed E-state index contributed by atoms with van der Waals surface area (Å²) in [6, 6.07) is 17.9. The maximum atomic E-state index is 9.87. The molecule has 24 aromatic carbocycles. The Bertz CT molecular complexity index is 12200. The van der Waals surface area contributed by atoms with Crippen molar-refractivity contribution in [3.63, 3.8) is 0 Å². The van der Waals surface area contributed by atoms with Crippen LogP contribution in [0.15, 0.2) is 461 Å². The molecule has 3 nitrogen and oxygen atoms in total. The first kappa shape index (κ1) is 41.6. The average Bonchev–Trinajstić information content (AvgIpc) is 1.66. The molecule has 0 saturated heterocycles. The number of rotatable bonds is 7. The van der Waals surface area contributed by atoms with E-state index in [0.717, 1.165) is 48.5 Å². The molecule has 3 aromatic heterocycles. The van der Waals surface area contributed by atoms with Crippen molar-refractivity contribution in [1.82, 2.24) is 0 Å². The Morgan fingerprint density at radius 2 is 0.492 bits per heavy atom. The van der Waals surface area contributed by atoms with Gasteiger partial charge in [0.25, 0.3) is 0 Å². The van der Waals surface area contributed by atoms with E-state index < -0.39 is 322 Å². The van der Waals surface area contributed by atoms with Crippen LogP contribution in [0.5, 0.6) is 0 Å². The summed E-state index contributed by atoms with van der Waals surface area (Å²) in [7, 11) is 0. The van der Waals surface area contributed by atoms with Crippen molar-refractivity contribution >= 4 is 174 Å². The van der Waals surface area contributed by atoms with Gasteiger partial charge < -0.3 is 13.3 Å². The van der Waals surface area contributed by atoms with Gasteiger partial charge in [-0.1, -0.05) is 395 Å². The fourth-order valence-corrected chi connectivity index (χ4v) is 18.8. The first-order valence-electron chi connectivity index (χ1n) is 64.7. The zero-order valence-corrected chi connectivity index (χ0v) is 67.8. The lowest BCUT2D eigenvalue weighted by molar-refractivity contribution is 0.660. The van der Waals surface area contributed by atoms with Crippen molar-refractivity contribution < 1.29 is 77.7 Å². The van der Waals surface area contributed by atoms with Crippen LogP contribution in [0, 0.1) is 0 Å². The average molecular weight is 1700 g/mol. The second-order valence-corrected chi connectivity index (χ2v) is 31.8. The highest BCUT2D eigenvalue weighted by Crippen LogP contribution is 2.54. The molecule has 0 spiro atoms. The summed E-state index contributed by atoms with van der Waals surface area (Å²) in [5, 5.41) is 5.67. The van der Waals surface area contributed by atoms with E-state index in [2.05, 4.69) is 0 Å². The van der Waals surface area contributed by atoms with E-state index in [-0.39, 0.29) is 132 Å². The molecule has 0 atom stereocenters. The Kier molecular flexibility index (Phi) is 9.51. The van der Waals surface area contributed by atoms with Gasteiger partial charge in [0.05, 0.1) is 64.4 Å². The van der Waals surface area contributed by atoms with Crippen LogP contribution in [-0.2, 0) is 5.41 Å². The molecule has 0 fully saturated rings. The topological polar surface area (TPSA) is 39.4 Å². The fraction of sp³-hybridized carbons (Fsp3) is 0.0236. The maximum Gasteiger partial charge on any atom is 0.136 e. The van der Waals surface area contributed by atoms with Crippen molar-refractivity contribution in [1.29, 1.82) is 0 Å². The summed E-state index contributed by atoms with van der Waals surface area (Å²) >= 11 is 0. The number of benzene rings is 24. The van der Waals surface area contributed by atoms with Crippen molar-refractivity contribution in [2.24, 2.45) is 0 Å². The summed E-state index contributed by atoms with van der Waals surface area (Å²) in [4.78, 5) is 0. The van der Waals surface area contributed by atoms with E-state index in [1.54, 1.807) is 68.4 Å². The van der Waals surface area contributed by atoms with E-state index in [1.807, 2.05) is 109 Å². The van der Waals surface area contributed by atoms with Crippen molar-refractivity contribution in [3.05, 3.63) is 459 Å². The Morgan fingerprint density at radius 3 is 0.923 bits per heavy atom.